The highest BCUT2D eigenvalue weighted by atomic mass is 16.1. The van der Waals surface area contributed by atoms with Crippen molar-refractivity contribution in [2.75, 3.05) is 18.5 Å². The molecule has 0 spiro atoms. The molecule has 1 aromatic rings. The van der Waals surface area contributed by atoms with Gasteiger partial charge in [0.2, 0.25) is 0 Å². The van der Waals surface area contributed by atoms with Crippen molar-refractivity contribution in [3.05, 3.63) is 29.3 Å². The predicted molar refractivity (Wildman–Crippen MR) is 69.3 cm³/mol. The molecular formula is C14H21NO. The van der Waals surface area contributed by atoms with E-state index in [-0.39, 0.29) is 5.41 Å². The van der Waals surface area contributed by atoms with Gasteiger partial charge in [0, 0.05) is 24.8 Å². The molecule has 0 aliphatic rings. The average molecular weight is 219 g/mol. The van der Waals surface area contributed by atoms with Gasteiger partial charge >= 0.3 is 0 Å². The number of rotatable bonds is 3. The highest BCUT2D eigenvalue weighted by Crippen LogP contribution is 2.23. The van der Waals surface area contributed by atoms with Crippen molar-refractivity contribution >= 4 is 12.0 Å². The molecule has 0 saturated carbocycles. The minimum atomic E-state index is 0.268. The molecule has 0 radical (unpaired) electrons. The Kier molecular flexibility index (Phi) is 3.74. The van der Waals surface area contributed by atoms with Crippen LogP contribution < -0.4 is 4.90 Å². The van der Waals surface area contributed by atoms with Gasteiger partial charge < -0.3 is 4.90 Å². The fourth-order valence-corrected chi connectivity index (χ4v) is 1.98. The van der Waals surface area contributed by atoms with Crippen LogP contribution in [0.2, 0.25) is 0 Å². The second-order valence-electron chi connectivity index (χ2n) is 5.58. The maximum absolute atomic E-state index is 10.7. The normalized spacial score (nSPS) is 11.3. The van der Waals surface area contributed by atoms with Crippen molar-refractivity contribution in [1.29, 1.82) is 0 Å². The van der Waals surface area contributed by atoms with E-state index in [1.54, 1.807) is 0 Å². The molecule has 0 aliphatic carbocycles. The summed E-state index contributed by atoms with van der Waals surface area (Å²) in [5, 5.41) is 0. The first-order chi connectivity index (χ1) is 7.33. The van der Waals surface area contributed by atoms with Crippen LogP contribution in [0.3, 0.4) is 0 Å². The Labute approximate surface area is 98.3 Å². The van der Waals surface area contributed by atoms with Gasteiger partial charge in [-0.1, -0.05) is 20.8 Å². The van der Waals surface area contributed by atoms with Gasteiger partial charge in [0.05, 0.1) is 0 Å². The predicted octanol–water partition coefficient (Wildman–Crippen LogP) is 3.29. The number of aldehydes is 1. The number of aryl methyl sites for hydroxylation is 1. The summed E-state index contributed by atoms with van der Waals surface area (Å²) in [4.78, 5) is 12.9. The molecule has 1 aromatic carbocycles. The lowest BCUT2D eigenvalue weighted by atomic mass is 9.95. The highest BCUT2D eigenvalue weighted by molar-refractivity contribution is 5.76. The molecule has 16 heavy (non-hydrogen) atoms. The zero-order valence-corrected chi connectivity index (χ0v) is 10.9. The fraction of sp³-hybridized carbons (Fsp3) is 0.500. The summed E-state index contributed by atoms with van der Waals surface area (Å²) in [6, 6.07) is 5.82. The van der Waals surface area contributed by atoms with Crippen LogP contribution in [-0.2, 0) is 0 Å². The summed E-state index contributed by atoms with van der Waals surface area (Å²) in [6.07, 6.45) is 0.889. The Balaban J connectivity index is 2.92. The standard InChI is InChI=1S/C14H21NO/c1-11-8-12(9-16)6-7-13(11)15(5)10-14(2,3)4/h6-9H,10H2,1-5H3. The molecule has 0 aromatic heterocycles. The lowest BCUT2D eigenvalue weighted by molar-refractivity contribution is 0.112. The molecule has 0 heterocycles. The molecular weight excluding hydrogens is 198 g/mol. The third-order valence-corrected chi connectivity index (χ3v) is 2.48. The zero-order chi connectivity index (χ0) is 12.3. The maximum Gasteiger partial charge on any atom is 0.150 e. The fourth-order valence-electron chi connectivity index (χ4n) is 1.98. The third kappa shape index (κ3) is 3.37. The third-order valence-electron chi connectivity index (χ3n) is 2.48. The molecule has 0 fully saturated rings. The molecule has 0 amide bonds. The quantitative estimate of drug-likeness (QED) is 0.727. The van der Waals surface area contributed by atoms with Gasteiger partial charge in [-0.05, 0) is 36.1 Å². The lowest BCUT2D eigenvalue weighted by Crippen LogP contribution is -2.29. The summed E-state index contributed by atoms with van der Waals surface area (Å²) in [5.41, 5.74) is 3.35. The van der Waals surface area contributed by atoms with Crippen LogP contribution >= 0.6 is 0 Å². The van der Waals surface area contributed by atoms with Crippen LogP contribution in [0.15, 0.2) is 18.2 Å². The summed E-state index contributed by atoms with van der Waals surface area (Å²) in [7, 11) is 2.09. The number of carbonyl (C=O) groups excluding carboxylic acids is 1. The highest BCUT2D eigenvalue weighted by Gasteiger charge is 2.15. The van der Waals surface area contributed by atoms with Crippen molar-refractivity contribution in [1.82, 2.24) is 0 Å². The second-order valence-corrected chi connectivity index (χ2v) is 5.58. The minimum Gasteiger partial charge on any atom is -0.374 e. The monoisotopic (exact) mass is 219 g/mol. The van der Waals surface area contributed by atoms with Crippen molar-refractivity contribution in [3.63, 3.8) is 0 Å². The number of anilines is 1. The van der Waals surface area contributed by atoms with Gasteiger partial charge in [-0.15, -0.1) is 0 Å². The van der Waals surface area contributed by atoms with Crippen LogP contribution in [0.4, 0.5) is 5.69 Å². The Morgan fingerprint density at radius 3 is 2.38 bits per heavy atom. The van der Waals surface area contributed by atoms with Crippen LogP contribution in [0.25, 0.3) is 0 Å². The van der Waals surface area contributed by atoms with E-state index in [9.17, 15) is 4.79 Å². The van der Waals surface area contributed by atoms with E-state index in [1.165, 1.54) is 5.69 Å². The lowest BCUT2D eigenvalue weighted by Gasteiger charge is -2.29. The van der Waals surface area contributed by atoms with Gasteiger partial charge in [-0.3, -0.25) is 4.79 Å². The number of hydrogen-bond donors (Lipinski definition) is 0. The largest absolute Gasteiger partial charge is 0.374 e. The minimum absolute atomic E-state index is 0.268. The second kappa shape index (κ2) is 4.69. The average Bonchev–Trinajstić information content (AvgIpc) is 2.14. The molecule has 1 rings (SSSR count). The molecule has 0 atom stereocenters. The van der Waals surface area contributed by atoms with Gasteiger partial charge in [0.25, 0.3) is 0 Å². The van der Waals surface area contributed by atoms with Gasteiger partial charge in [0.1, 0.15) is 6.29 Å². The van der Waals surface area contributed by atoms with E-state index in [1.807, 2.05) is 25.1 Å². The molecule has 0 N–H and O–H groups in total. The number of carbonyl (C=O) groups is 1. The van der Waals surface area contributed by atoms with Gasteiger partial charge in [-0.25, -0.2) is 0 Å². The number of nitrogens with zero attached hydrogens (tertiary/aromatic N) is 1. The summed E-state index contributed by atoms with van der Waals surface area (Å²) in [5.74, 6) is 0. The first-order valence-corrected chi connectivity index (χ1v) is 5.60. The summed E-state index contributed by atoms with van der Waals surface area (Å²) in [6.45, 7) is 9.70. The zero-order valence-electron chi connectivity index (χ0n) is 10.9. The van der Waals surface area contributed by atoms with Crippen LogP contribution in [0.1, 0.15) is 36.7 Å². The van der Waals surface area contributed by atoms with Crippen molar-refractivity contribution < 1.29 is 4.79 Å². The van der Waals surface area contributed by atoms with E-state index in [4.69, 9.17) is 0 Å². The molecule has 2 nitrogen and oxygen atoms in total. The van der Waals surface area contributed by atoms with Crippen molar-refractivity contribution in [3.8, 4) is 0 Å². The molecule has 2 heteroatoms. The van der Waals surface area contributed by atoms with E-state index >= 15 is 0 Å². The Bertz CT molecular complexity index is 377. The van der Waals surface area contributed by atoms with E-state index < -0.39 is 0 Å². The first-order valence-electron chi connectivity index (χ1n) is 5.60. The van der Waals surface area contributed by atoms with Crippen molar-refractivity contribution in [2.45, 2.75) is 27.7 Å². The summed E-state index contributed by atoms with van der Waals surface area (Å²) < 4.78 is 0. The molecule has 0 aliphatic heterocycles. The van der Waals surface area contributed by atoms with Gasteiger partial charge in [-0.2, -0.15) is 0 Å². The molecule has 0 bridgehead atoms. The smallest absolute Gasteiger partial charge is 0.150 e. The van der Waals surface area contributed by atoms with Crippen LogP contribution in [-0.4, -0.2) is 19.9 Å². The molecule has 88 valence electrons. The first kappa shape index (κ1) is 12.8. The molecule has 0 saturated heterocycles. The van der Waals surface area contributed by atoms with Crippen molar-refractivity contribution in [2.24, 2.45) is 5.41 Å². The number of hydrogen-bond acceptors (Lipinski definition) is 2. The summed E-state index contributed by atoms with van der Waals surface area (Å²) >= 11 is 0. The number of benzene rings is 1. The SMILES string of the molecule is Cc1cc(C=O)ccc1N(C)CC(C)(C)C. The van der Waals surface area contributed by atoms with E-state index in [0.717, 1.165) is 24.0 Å². The molecule has 0 unspecified atom stereocenters. The Morgan fingerprint density at radius 2 is 1.94 bits per heavy atom. The van der Waals surface area contributed by atoms with E-state index in [0.29, 0.717) is 0 Å². The van der Waals surface area contributed by atoms with Crippen LogP contribution in [0, 0.1) is 12.3 Å². The van der Waals surface area contributed by atoms with Crippen LogP contribution in [0.5, 0.6) is 0 Å². The van der Waals surface area contributed by atoms with E-state index in [2.05, 4.69) is 32.7 Å². The topological polar surface area (TPSA) is 20.3 Å². The van der Waals surface area contributed by atoms with Gasteiger partial charge in [0.15, 0.2) is 0 Å². The Morgan fingerprint density at radius 1 is 1.31 bits per heavy atom. The Hall–Kier alpha value is -1.31. The maximum atomic E-state index is 10.7.